The normalized spacial score (nSPS) is 11.7. The topological polar surface area (TPSA) is 61.7 Å². The summed E-state index contributed by atoms with van der Waals surface area (Å²) in [7, 11) is 0. The quantitative estimate of drug-likeness (QED) is 0.152. The van der Waals surface area contributed by atoms with E-state index in [1.807, 2.05) is 12.1 Å². The monoisotopic (exact) mass is 957 g/mol. The molecule has 0 saturated carbocycles. The molecule has 6 heteroatoms. The van der Waals surface area contributed by atoms with Crippen molar-refractivity contribution < 1.29 is 4.42 Å². The van der Waals surface area contributed by atoms with Crippen LogP contribution in [0.5, 0.6) is 0 Å². The van der Waals surface area contributed by atoms with E-state index in [1.54, 1.807) is 0 Å². The second kappa shape index (κ2) is 17.3. The summed E-state index contributed by atoms with van der Waals surface area (Å²) in [5.41, 5.74) is 17.7. The van der Waals surface area contributed by atoms with Crippen LogP contribution >= 0.6 is 0 Å². The Morgan fingerprint density at radius 2 is 0.613 bits per heavy atom. The van der Waals surface area contributed by atoms with Crippen molar-refractivity contribution in [2.45, 2.75) is 0 Å². The summed E-state index contributed by atoms with van der Waals surface area (Å²) < 4.78 is 12.2. The Bertz CT molecular complexity index is 4550. The minimum atomic E-state index is 0.593. The van der Waals surface area contributed by atoms with Crippen LogP contribution in [0.4, 0.5) is 0 Å². The Hall–Kier alpha value is -10.2. The number of hydrogen-bond acceptors (Lipinski definition) is 4. The number of rotatable bonds is 8. The minimum absolute atomic E-state index is 0.593. The molecule has 11 aromatic carbocycles. The average molecular weight is 958 g/mol. The van der Waals surface area contributed by atoms with Crippen molar-refractivity contribution in [1.82, 2.24) is 24.1 Å². The third-order valence-corrected chi connectivity index (χ3v) is 14.8. The highest BCUT2D eigenvalue weighted by Gasteiger charge is 2.24. The molecule has 350 valence electrons. The smallest absolute Gasteiger partial charge is 0.164 e. The number of nitrogens with zero attached hydrogens (tertiary/aromatic N) is 5. The van der Waals surface area contributed by atoms with Crippen LogP contribution in [0.2, 0.25) is 0 Å². The van der Waals surface area contributed by atoms with E-state index in [1.165, 1.54) is 5.39 Å². The molecule has 0 spiro atoms. The first-order valence-electron chi connectivity index (χ1n) is 25.3. The van der Waals surface area contributed by atoms with Crippen molar-refractivity contribution in [2.75, 3.05) is 0 Å². The second-order valence-electron chi connectivity index (χ2n) is 19.1. The molecule has 0 aliphatic rings. The van der Waals surface area contributed by atoms with E-state index in [2.05, 4.69) is 258 Å². The molecular weight excluding hydrogens is 915 g/mol. The molecule has 15 rings (SSSR count). The van der Waals surface area contributed by atoms with Crippen molar-refractivity contribution in [3.63, 3.8) is 0 Å². The fourth-order valence-electron chi connectivity index (χ4n) is 11.2. The van der Waals surface area contributed by atoms with Gasteiger partial charge in [0.2, 0.25) is 0 Å². The molecule has 0 saturated heterocycles. The molecule has 4 aromatic heterocycles. The maximum absolute atomic E-state index is 7.41. The molecule has 6 nitrogen and oxygen atoms in total. The third-order valence-electron chi connectivity index (χ3n) is 14.8. The van der Waals surface area contributed by atoms with E-state index in [0.29, 0.717) is 17.5 Å². The Morgan fingerprint density at radius 1 is 0.253 bits per heavy atom. The van der Waals surface area contributed by atoms with E-state index in [9.17, 15) is 0 Å². The lowest BCUT2D eigenvalue weighted by atomic mass is 10.0. The van der Waals surface area contributed by atoms with Gasteiger partial charge in [0.05, 0.1) is 27.8 Å². The maximum atomic E-state index is 7.41. The summed E-state index contributed by atoms with van der Waals surface area (Å²) in [5, 5.41) is 6.72. The molecule has 0 aliphatic heterocycles. The van der Waals surface area contributed by atoms with Gasteiger partial charge in [-0.2, -0.15) is 0 Å². The Balaban J connectivity index is 0.893. The summed E-state index contributed by atoms with van der Waals surface area (Å²) in [4.78, 5) is 15.5. The van der Waals surface area contributed by atoms with Gasteiger partial charge in [0.15, 0.2) is 28.6 Å². The average Bonchev–Trinajstić information content (AvgIpc) is 4.26. The summed E-state index contributed by atoms with van der Waals surface area (Å²) in [6.07, 6.45) is 0. The SMILES string of the molecule is c1ccc(-c2ccc(-c3nc(-c4ccc(-c5ccccc5)cc4)nc(-c4ccc(-n5c6ccccc6c6ccc7c8ccc9c%10ccccc%10n(-c%10ccccc%10-c%10ccccc%10)c9c8oc7c65)cc4)n3)cc2)cc1. The lowest BCUT2D eigenvalue weighted by Crippen LogP contribution is -2.01. The van der Waals surface area contributed by atoms with Gasteiger partial charge < -0.3 is 13.6 Å². The zero-order valence-corrected chi connectivity index (χ0v) is 40.5. The molecule has 0 N–H and O–H groups in total. The van der Waals surface area contributed by atoms with Crippen LogP contribution in [0.25, 0.3) is 144 Å². The zero-order valence-electron chi connectivity index (χ0n) is 40.5. The third kappa shape index (κ3) is 6.99. The maximum Gasteiger partial charge on any atom is 0.164 e. The molecule has 0 fully saturated rings. The van der Waals surface area contributed by atoms with Crippen molar-refractivity contribution in [3.05, 3.63) is 261 Å². The molecule has 0 bridgehead atoms. The molecule has 0 amide bonds. The van der Waals surface area contributed by atoms with Gasteiger partial charge >= 0.3 is 0 Å². The highest BCUT2D eigenvalue weighted by Crippen LogP contribution is 2.45. The molecule has 15 aromatic rings. The largest absolute Gasteiger partial charge is 0.452 e. The lowest BCUT2D eigenvalue weighted by Gasteiger charge is -2.14. The molecule has 0 aliphatic carbocycles. The first kappa shape index (κ1) is 42.5. The Morgan fingerprint density at radius 3 is 1.12 bits per heavy atom. The molecule has 0 unspecified atom stereocenters. The van der Waals surface area contributed by atoms with Crippen LogP contribution in [-0.4, -0.2) is 24.1 Å². The summed E-state index contributed by atoms with van der Waals surface area (Å²) in [5.74, 6) is 1.81. The van der Waals surface area contributed by atoms with E-state index >= 15 is 0 Å². The summed E-state index contributed by atoms with van der Waals surface area (Å²) >= 11 is 0. The van der Waals surface area contributed by atoms with Gasteiger partial charge in [0.1, 0.15) is 0 Å². The van der Waals surface area contributed by atoms with Crippen LogP contribution in [0, 0.1) is 0 Å². The van der Waals surface area contributed by atoms with E-state index < -0.39 is 0 Å². The van der Waals surface area contributed by atoms with Crippen molar-refractivity contribution >= 4 is 65.6 Å². The van der Waals surface area contributed by atoms with E-state index in [-0.39, 0.29) is 0 Å². The van der Waals surface area contributed by atoms with Crippen molar-refractivity contribution in [3.8, 4) is 78.9 Å². The molecular formula is C69H43N5O. The van der Waals surface area contributed by atoms with Crippen LogP contribution < -0.4 is 0 Å². The molecule has 0 radical (unpaired) electrons. The predicted molar refractivity (Wildman–Crippen MR) is 308 cm³/mol. The molecule has 0 atom stereocenters. The van der Waals surface area contributed by atoms with Crippen LogP contribution in [0.1, 0.15) is 0 Å². The van der Waals surface area contributed by atoms with E-state index in [4.69, 9.17) is 19.4 Å². The number of hydrogen-bond donors (Lipinski definition) is 0. The van der Waals surface area contributed by atoms with Gasteiger partial charge in [-0.25, -0.2) is 15.0 Å². The van der Waals surface area contributed by atoms with Gasteiger partial charge in [-0.05, 0) is 82.4 Å². The number of benzene rings is 11. The van der Waals surface area contributed by atoms with Gasteiger partial charge in [-0.15, -0.1) is 0 Å². The summed E-state index contributed by atoms with van der Waals surface area (Å²) in [6, 6.07) is 92.0. The fourth-order valence-corrected chi connectivity index (χ4v) is 11.2. The van der Waals surface area contributed by atoms with Gasteiger partial charge in [-0.3, -0.25) is 0 Å². The Kier molecular flexibility index (Phi) is 9.78. The minimum Gasteiger partial charge on any atom is -0.452 e. The van der Waals surface area contributed by atoms with Gasteiger partial charge in [0, 0.05) is 60.3 Å². The van der Waals surface area contributed by atoms with Gasteiger partial charge in [0.25, 0.3) is 0 Å². The first-order chi connectivity index (χ1) is 37.2. The van der Waals surface area contributed by atoms with Crippen LogP contribution in [-0.2, 0) is 0 Å². The number of furan rings is 1. The van der Waals surface area contributed by atoms with Crippen LogP contribution in [0.15, 0.2) is 265 Å². The van der Waals surface area contributed by atoms with Gasteiger partial charge in [-0.1, -0.05) is 206 Å². The first-order valence-corrected chi connectivity index (χ1v) is 25.3. The second-order valence-corrected chi connectivity index (χ2v) is 19.1. The summed E-state index contributed by atoms with van der Waals surface area (Å²) in [6.45, 7) is 0. The van der Waals surface area contributed by atoms with Crippen LogP contribution in [0.3, 0.4) is 0 Å². The lowest BCUT2D eigenvalue weighted by molar-refractivity contribution is 0.673. The fraction of sp³-hybridized carbons (Fsp3) is 0. The molecule has 4 heterocycles. The number of fused-ring (bicyclic) bond motifs is 11. The van der Waals surface area contributed by atoms with E-state index in [0.717, 1.165) is 122 Å². The molecule has 75 heavy (non-hydrogen) atoms. The zero-order chi connectivity index (χ0) is 49.4. The highest BCUT2D eigenvalue weighted by molar-refractivity contribution is 6.26. The number of aromatic nitrogens is 5. The number of para-hydroxylation sites is 3. The predicted octanol–water partition coefficient (Wildman–Crippen LogP) is 18.0. The van der Waals surface area contributed by atoms with Crippen molar-refractivity contribution in [2.24, 2.45) is 0 Å². The standard InChI is InChI=1S/C69H43N5O/c1-4-16-44(17-5-1)46-28-32-49(33-29-46)67-70-68(50-34-30-47(31-35-50)45-18-6-2-7-19-45)72-69(71-67)51-36-38-52(39-37-51)73-61-26-14-11-23-54(61)56-40-42-58-59-43-41-57-55-24-12-15-27-62(55)74(64(57)66(59)75-65(58)63(56)73)60-25-13-10-22-53(60)48-20-8-3-9-21-48/h1-43H. The Labute approximate surface area is 431 Å². The highest BCUT2D eigenvalue weighted by atomic mass is 16.3. The van der Waals surface area contributed by atoms with Crippen molar-refractivity contribution in [1.29, 1.82) is 0 Å².